The molecule has 0 aliphatic carbocycles. The van der Waals surface area contributed by atoms with E-state index in [1.807, 2.05) is 31.2 Å². The van der Waals surface area contributed by atoms with Crippen LogP contribution in [0.25, 0.3) is 0 Å². The molecule has 1 unspecified atom stereocenters. The maximum absolute atomic E-state index is 12.8. The van der Waals surface area contributed by atoms with Crippen molar-refractivity contribution in [2.75, 3.05) is 50.1 Å². The number of benzene rings is 2. The summed E-state index contributed by atoms with van der Waals surface area (Å²) >= 11 is 0. The number of methoxy groups -OCH3 is 1. The first-order valence-corrected chi connectivity index (χ1v) is 10.5. The Labute approximate surface area is 183 Å². The number of para-hydroxylation sites is 2. The van der Waals surface area contributed by atoms with Crippen LogP contribution in [0, 0.1) is 0 Å². The molecule has 1 heterocycles. The van der Waals surface area contributed by atoms with Crippen LogP contribution < -0.4 is 25.0 Å². The second-order valence-corrected chi connectivity index (χ2v) is 7.26. The number of hydrogen-bond donors (Lipinski definition) is 2. The fourth-order valence-corrected chi connectivity index (χ4v) is 3.54. The van der Waals surface area contributed by atoms with Gasteiger partial charge in [-0.15, -0.1) is 0 Å². The van der Waals surface area contributed by atoms with E-state index in [1.165, 1.54) is 0 Å². The van der Waals surface area contributed by atoms with Gasteiger partial charge in [-0.2, -0.15) is 0 Å². The molecule has 0 bridgehead atoms. The Morgan fingerprint density at radius 1 is 1.03 bits per heavy atom. The lowest BCUT2D eigenvalue weighted by Gasteiger charge is -2.37. The van der Waals surface area contributed by atoms with Gasteiger partial charge in [-0.1, -0.05) is 12.1 Å². The number of rotatable bonds is 7. The molecule has 0 aromatic heterocycles. The molecule has 0 radical (unpaired) electrons. The molecule has 1 fully saturated rings. The van der Waals surface area contributed by atoms with Crippen molar-refractivity contribution < 1.29 is 19.1 Å². The molecular formula is C23H30N4O4. The first-order chi connectivity index (χ1) is 15.0. The number of carbonyl (C=O) groups excluding carboxylic acids is 2. The highest BCUT2D eigenvalue weighted by Gasteiger charge is 2.26. The van der Waals surface area contributed by atoms with Gasteiger partial charge in [-0.3, -0.25) is 4.79 Å². The number of amides is 3. The molecule has 1 aliphatic heterocycles. The summed E-state index contributed by atoms with van der Waals surface area (Å²) in [7, 11) is 1.58. The Bertz CT molecular complexity index is 879. The molecule has 8 heteroatoms. The minimum atomic E-state index is -0.625. The highest BCUT2D eigenvalue weighted by Crippen LogP contribution is 2.28. The smallest absolute Gasteiger partial charge is 0.319 e. The molecule has 1 atom stereocenters. The molecule has 2 aromatic carbocycles. The van der Waals surface area contributed by atoms with Gasteiger partial charge in [0.05, 0.1) is 19.4 Å². The second-order valence-electron chi connectivity index (χ2n) is 7.26. The molecule has 8 nitrogen and oxygen atoms in total. The SMILES string of the molecule is CCOc1ccccc1N1CCN(C(=O)C(C)NC(=O)Nc2ccc(OC)cc2)CC1. The molecule has 1 aliphatic rings. The summed E-state index contributed by atoms with van der Waals surface area (Å²) in [5.41, 5.74) is 1.67. The molecule has 3 rings (SSSR count). The summed E-state index contributed by atoms with van der Waals surface area (Å²) in [6.45, 7) is 6.87. The number of nitrogens with one attached hydrogen (secondary N) is 2. The van der Waals surface area contributed by atoms with Crippen molar-refractivity contribution in [1.29, 1.82) is 0 Å². The van der Waals surface area contributed by atoms with Crippen LogP contribution in [0.5, 0.6) is 11.5 Å². The Kier molecular flexibility index (Phi) is 7.59. The maximum atomic E-state index is 12.8. The van der Waals surface area contributed by atoms with Gasteiger partial charge < -0.3 is 29.9 Å². The first kappa shape index (κ1) is 22.3. The van der Waals surface area contributed by atoms with Crippen LogP contribution in [0.3, 0.4) is 0 Å². The summed E-state index contributed by atoms with van der Waals surface area (Å²) in [5.74, 6) is 1.47. The lowest BCUT2D eigenvalue weighted by molar-refractivity contribution is -0.133. The average molecular weight is 427 g/mol. The Balaban J connectivity index is 1.50. The lowest BCUT2D eigenvalue weighted by Crippen LogP contribution is -2.54. The van der Waals surface area contributed by atoms with E-state index < -0.39 is 12.1 Å². The fourth-order valence-electron chi connectivity index (χ4n) is 3.54. The van der Waals surface area contributed by atoms with Crippen LogP contribution in [-0.2, 0) is 4.79 Å². The molecule has 31 heavy (non-hydrogen) atoms. The van der Waals surface area contributed by atoms with Crippen molar-refractivity contribution in [3.63, 3.8) is 0 Å². The monoisotopic (exact) mass is 426 g/mol. The number of carbonyl (C=O) groups is 2. The number of hydrogen-bond acceptors (Lipinski definition) is 5. The van der Waals surface area contributed by atoms with Crippen molar-refractivity contribution in [2.24, 2.45) is 0 Å². The van der Waals surface area contributed by atoms with Gasteiger partial charge in [-0.05, 0) is 50.2 Å². The van der Waals surface area contributed by atoms with E-state index in [9.17, 15) is 9.59 Å². The second kappa shape index (κ2) is 10.6. The molecule has 1 saturated heterocycles. The Hall–Kier alpha value is -3.42. The average Bonchev–Trinajstić information content (AvgIpc) is 2.79. The number of nitrogens with zero attached hydrogens (tertiary/aromatic N) is 2. The third-order valence-corrected chi connectivity index (χ3v) is 5.16. The van der Waals surface area contributed by atoms with E-state index in [1.54, 1.807) is 43.2 Å². The van der Waals surface area contributed by atoms with E-state index in [2.05, 4.69) is 15.5 Å². The van der Waals surface area contributed by atoms with Crippen LogP contribution in [0.1, 0.15) is 13.8 Å². The predicted octanol–water partition coefficient (Wildman–Crippen LogP) is 2.95. The summed E-state index contributed by atoms with van der Waals surface area (Å²) < 4.78 is 10.8. The van der Waals surface area contributed by atoms with E-state index >= 15 is 0 Å². The van der Waals surface area contributed by atoms with Crippen molar-refractivity contribution in [3.8, 4) is 11.5 Å². The lowest BCUT2D eigenvalue weighted by atomic mass is 10.2. The molecule has 166 valence electrons. The zero-order valence-electron chi connectivity index (χ0n) is 18.3. The van der Waals surface area contributed by atoms with E-state index in [4.69, 9.17) is 9.47 Å². The van der Waals surface area contributed by atoms with Gasteiger partial charge in [0.25, 0.3) is 0 Å². The molecule has 2 aromatic rings. The summed E-state index contributed by atoms with van der Waals surface area (Å²) in [6, 6.07) is 13.9. The van der Waals surface area contributed by atoms with Crippen LogP contribution >= 0.6 is 0 Å². The fraction of sp³-hybridized carbons (Fsp3) is 0.391. The van der Waals surface area contributed by atoms with Crippen LogP contribution in [0.15, 0.2) is 48.5 Å². The largest absolute Gasteiger partial charge is 0.497 e. The van der Waals surface area contributed by atoms with Gasteiger partial charge >= 0.3 is 6.03 Å². The topological polar surface area (TPSA) is 83.1 Å². The number of ether oxygens (including phenoxy) is 2. The maximum Gasteiger partial charge on any atom is 0.319 e. The molecule has 2 N–H and O–H groups in total. The molecule has 0 saturated carbocycles. The third kappa shape index (κ3) is 5.81. The Morgan fingerprint density at radius 2 is 1.71 bits per heavy atom. The van der Waals surface area contributed by atoms with E-state index in [-0.39, 0.29) is 5.91 Å². The zero-order chi connectivity index (χ0) is 22.2. The minimum absolute atomic E-state index is 0.0948. The minimum Gasteiger partial charge on any atom is -0.497 e. The summed E-state index contributed by atoms with van der Waals surface area (Å²) in [5, 5.41) is 5.45. The number of urea groups is 1. The highest BCUT2D eigenvalue weighted by atomic mass is 16.5. The van der Waals surface area contributed by atoms with Gasteiger partial charge in [0.1, 0.15) is 17.5 Å². The van der Waals surface area contributed by atoms with E-state index in [0.717, 1.165) is 11.4 Å². The van der Waals surface area contributed by atoms with Crippen molar-refractivity contribution in [1.82, 2.24) is 10.2 Å². The number of anilines is 2. The zero-order valence-corrected chi connectivity index (χ0v) is 18.3. The van der Waals surface area contributed by atoms with Gasteiger partial charge in [0.2, 0.25) is 5.91 Å². The van der Waals surface area contributed by atoms with Crippen LogP contribution in [0.4, 0.5) is 16.2 Å². The summed E-state index contributed by atoms with van der Waals surface area (Å²) in [4.78, 5) is 29.1. The van der Waals surface area contributed by atoms with Gasteiger partial charge in [-0.25, -0.2) is 4.79 Å². The van der Waals surface area contributed by atoms with Crippen LogP contribution in [0.2, 0.25) is 0 Å². The van der Waals surface area contributed by atoms with Crippen molar-refractivity contribution in [2.45, 2.75) is 19.9 Å². The predicted molar refractivity (Wildman–Crippen MR) is 121 cm³/mol. The van der Waals surface area contributed by atoms with Crippen molar-refractivity contribution >= 4 is 23.3 Å². The third-order valence-electron chi connectivity index (χ3n) is 5.16. The normalized spacial score (nSPS) is 14.5. The molecule has 3 amide bonds. The molecular weight excluding hydrogens is 396 g/mol. The van der Waals surface area contributed by atoms with E-state index in [0.29, 0.717) is 44.2 Å². The summed E-state index contributed by atoms with van der Waals surface area (Å²) in [6.07, 6.45) is 0. The first-order valence-electron chi connectivity index (χ1n) is 10.5. The standard InChI is InChI=1S/C23H30N4O4/c1-4-31-21-8-6-5-7-20(21)26-13-15-27(16-14-26)22(28)17(2)24-23(29)25-18-9-11-19(30-3)12-10-18/h5-12,17H,4,13-16H2,1-3H3,(H2,24,25,29). The van der Waals surface area contributed by atoms with Crippen LogP contribution in [-0.4, -0.2) is 62.8 Å². The Morgan fingerprint density at radius 3 is 2.35 bits per heavy atom. The highest BCUT2D eigenvalue weighted by molar-refractivity contribution is 5.93. The molecule has 0 spiro atoms. The van der Waals surface area contributed by atoms with Gasteiger partial charge in [0.15, 0.2) is 0 Å². The quantitative estimate of drug-likeness (QED) is 0.711. The number of piperazine rings is 1. The van der Waals surface area contributed by atoms with Gasteiger partial charge in [0, 0.05) is 31.9 Å². The van der Waals surface area contributed by atoms with Crippen molar-refractivity contribution in [3.05, 3.63) is 48.5 Å².